The Bertz CT molecular complexity index is 485. The lowest BCUT2D eigenvalue weighted by molar-refractivity contribution is 0.164. The molecule has 0 saturated carbocycles. The van der Waals surface area contributed by atoms with Crippen molar-refractivity contribution in [3.8, 4) is 0 Å². The number of hydrogen-bond acceptors (Lipinski definition) is 3. The second-order valence-electron chi connectivity index (χ2n) is 5.78. The lowest BCUT2D eigenvalue weighted by Crippen LogP contribution is -2.34. The molecule has 0 spiro atoms. The van der Waals surface area contributed by atoms with Crippen molar-refractivity contribution in [3.05, 3.63) is 34.9 Å². The van der Waals surface area contributed by atoms with Crippen LogP contribution in [-0.4, -0.2) is 29.0 Å². The van der Waals surface area contributed by atoms with Gasteiger partial charge in [0, 0.05) is 18.7 Å². The van der Waals surface area contributed by atoms with Gasteiger partial charge < -0.3 is 10.9 Å². The summed E-state index contributed by atoms with van der Waals surface area (Å²) in [6.07, 6.45) is 3.95. The average Bonchev–Trinajstić information content (AvgIpc) is 2.48. The Morgan fingerprint density at radius 3 is 2.95 bits per heavy atom. The van der Waals surface area contributed by atoms with Crippen LogP contribution in [0, 0.1) is 12.8 Å². The monoisotopic (exact) mass is 275 g/mol. The van der Waals surface area contributed by atoms with E-state index in [0.29, 0.717) is 0 Å². The van der Waals surface area contributed by atoms with Crippen LogP contribution in [-0.2, 0) is 6.54 Å². The molecule has 0 bridgehead atoms. The summed E-state index contributed by atoms with van der Waals surface area (Å²) in [4.78, 5) is 2.54. The number of hydrogen-bond donors (Lipinski definition) is 2. The summed E-state index contributed by atoms with van der Waals surface area (Å²) in [7, 11) is 0. The van der Waals surface area contributed by atoms with Gasteiger partial charge in [0.05, 0.1) is 0 Å². The summed E-state index contributed by atoms with van der Waals surface area (Å²) in [5.74, 6) is 1.02. The maximum absolute atomic E-state index is 8.72. The Balaban J connectivity index is 2.06. The van der Waals surface area contributed by atoms with Crippen molar-refractivity contribution in [1.29, 1.82) is 0 Å². The number of piperidine rings is 1. The topological polar surface area (TPSA) is 61.8 Å². The molecular formula is C16H25N3O. The smallest absolute Gasteiger partial charge is 0.170 e. The Labute approximate surface area is 121 Å². The van der Waals surface area contributed by atoms with Gasteiger partial charge in [-0.2, -0.15) is 0 Å². The van der Waals surface area contributed by atoms with Crippen molar-refractivity contribution in [2.45, 2.75) is 39.7 Å². The summed E-state index contributed by atoms with van der Waals surface area (Å²) in [6, 6.07) is 6.02. The fourth-order valence-corrected chi connectivity index (χ4v) is 2.96. The molecule has 1 unspecified atom stereocenters. The van der Waals surface area contributed by atoms with E-state index in [1.807, 2.05) is 12.1 Å². The van der Waals surface area contributed by atoms with Gasteiger partial charge in [0.25, 0.3) is 0 Å². The van der Waals surface area contributed by atoms with Crippen LogP contribution in [0.25, 0.3) is 0 Å². The molecule has 4 heteroatoms. The fraction of sp³-hybridized carbons (Fsp3) is 0.562. The first-order valence-corrected chi connectivity index (χ1v) is 7.43. The minimum absolute atomic E-state index is 0.170. The first-order valence-electron chi connectivity index (χ1n) is 7.43. The van der Waals surface area contributed by atoms with Crippen LogP contribution in [0.1, 0.15) is 42.9 Å². The summed E-state index contributed by atoms with van der Waals surface area (Å²) in [6.45, 7) is 7.77. The van der Waals surface area contributed by atoms with E-state index in [2.05, 4.69) is 30.0 Å². The largest absolute Gasteiger partial charge is 0.409 e. The van der Waals surface area contributed by atoms with Gasteiger partial charge in [-0.05, 0) is 49.4 Å². The Morgan fingerprint density at radius 2 is 2.30 bits per heavy atom. The predicted molar refractivity (Wildman–Crippen MR) is 82.0 cm³/mol. The van der Waals surface area contributed by atoms with E-state index in [-0.39, 0.29) is 5.84 Å². The first-order chi connectivity index (χ1) is 9.63. The summed E-state index contributed by atoms with van der Waals surface area (Å²) in [5, 5.41) is 11.8. The molecule has 1 aromatic carbocycles. The van der Waals surface area contributed by atoms with Gasteiger partial charge in [-0.1, -0.05) is 30.6 Å². The van der Waals surface area contributed by atoms with Gasteiger partial charge in [-0.25, -0.2) is 0 Å². The molecule has 1 aromatic rings. The molecule has 0 aromatic heterocycles. The molecule has 1 aliphatic heterocycles. The fourth-order valence-electron chi connectivity index (χ4n) is 2.96. The quantitative estimate of drug-likeness (QED) is 0.384. The Morgan fingerprint density at radius 1 is 1.50 bits per heavy atom. The molecule has 2 rings (SSSR count). The highest BCUT2D eigenvalue weighted by Gasteiger charge is 2.18. The van der Waals surface area contributed by atoms with Gasteiger partial charge >= 0.3 is 0 Å². The lowest BCUT2D eigenvalue weighted by atomic mass is 9.95. The van der Waals surface area contributed by atoms with Gasteiger partial charge in [-0.15, -0.1) is 0 Å². The van der Waals surface area contributed by atoms with Crippen molar-refractivity contribution in [1.82, 2.24) is 4.90 Å². The minimum Gasteiger partial charge on any atom is -0.409 e. The van der Waals surface area contributed by atoms with E-state index in [1.54, 1.807) is 0 Å². The van der Waals surface area contributed by atoms with Crippen molar-refractivity contribution < 1.29 is 5.21 Å². The number of amidine groups is 1. The maximum atomic E-state index is 8.72. The molecule has 0 radical (unpaired) electrons. The van der Waals surface area contributed by atoms with Crippen LogP contribution >= 0.6 is 0 Å². The summed E-state index contributed by atoms with van der Waals surface area (Å²) in [5.41, 5.74) is 8.93. The van der Waals surface area contributed by atoms with Crippen LogP contribution in [0.5, 0.6) is 0 Å². The SMILES string of the molecule is CCC1CCCN(Cc2ccc(/C(N)=N/O)cc2C)C1. The van der Waals surface area contributed by atoms with E-state index in [9.17, 15) is 0 Å². The number of aryl methyl sites for hydroxylation is 1. The Hall–Kier alpha value is -1.55. The normalized spacial score (nSPS) is 21.1. The Kier molecular flexibility index (Phi) is 5.01. The van der Waals surface area contributed by atoms with E-state index < -0.39 is 0 Å². The molecular weight excluding hydrogens is 250 g/mol. The van der Waals surface area contributed by atoms with Crippen LogP contribution < -0.4 is 5.73 Å². The third kappa shape index (κ3) is 3.51. The molecule has 4 nitrogen and oxygen atoms in total. The minimum atomic E-state index is 0.170. The zero-order chi connectivity index (χ0) is 14.5. The molecule has 1 heterocycles. The zero-order valence-electron chi connectivity index (χ0n) is 12.5. The predicted octanol–water partition coefficient (Wildman–Crippen LogP) is 2.71. The number of benzene rings is 1. The van der Waals surface area contributed by atoms with Crippen molar-refractivity contribution in [2.24, 2.45) is 16.8 Å². The maximum Gasteiger partial charge on any atom is 0.170 e. The van der Waals surface area contributed by atoms with Gasteiger partial charge in [0.15, 0.2) is 5.84 Å². The van der Waals surface area contributed by atoms with Crippen molar-refractivity contribution in [2.75, 3.05) is 13.1 Å². The highest BCUT2D eigenvalue weighted by Crippen LogP contribution is 2.22. The molecule has 1 atom stereocenters. The van der Waals surface area contributed by atoms with Gasteiger partial charge in [-0.3, -0.25) is 4.90 Å². The number of nitrogens with zero attached hydrogens (tertiary/aromatic N) is 2. The molecule has 1 saturated heterocycles. The molecule has 110 valence electrons. The van der Waals surface area contributed by atoms with Crippen LogP contribution in [0.4, 0.5) is 0 Å². The molecule has 0 amide bonds. The summed E-state index contributed by atoms with van der Waals surface area (Å²) >= 11 is 0. The second-order valence-corrected chi connectivity index (χ2v) is 5.78. The number of oxime groups is 1. The van der Waals surface area contributed by atoms with E-state index >= 15 is 0 Å². The first kappa shape index (κ1) is 14.9. The summed E-state index contributed by atoms with van der Waals surface area (Å²) < 4.78 is 0. The molecule has 0 aliphatic carbocycles. The lowest BCUT2D eigenvalue weighted by Gasteiger charge is -2.32. The molecule has 3 N–H and O–H groups in total. The molecule has 1 aliphatic rings. The van der Waals surface area contributed by atoms with Crippen LogP contribution in [0.2, 0.25) is 0 Å². The number of nitrogens with two attached hydrogens (primary N) is 1. The standard InChI is InChI=1S/C16H25N3O/c1-3-13-5-4-8-19(10-13)11-15-7-6-14(9-12(15)2)16(17)18-20/h6-7,9,13,20H,3-5,8,10-11H2,1-2H3,(H2,17,18). The van der Waals surface area contributed by atoms with Gasteiger partial charge in [0.1, 0.15) is 0 Å². The third-order valence-electron chi connectivity index (χ3n) is 4.32. The number of likely N-dealkylation sites (tertiary alicyclic amines) is 1. The van der Waals surface area contributed by atoms with E-state index in [1.165, 1.54) is 43.5 Å². The average molecular weight is 275 g/mol. The second kappa shape index (κ2) is 6.75. The molecule has 1 fully saturated rings. The van der Waals surface area contributed by atoms with E-state index in [0.717, 1.165) is 18.0 Å². The highest BCUT2D eigenvalue weighted by molar-refractivity contribution is 5.97. The molecule has 20 heavy (non-hydrogen) atoms. The zero-order valence-corrected chi connectivity index (χ0v) is 12.5. The number of rotatable bonds is 4. The van der Waals surface area contributed by atoms with Crippen LogP contribution in [0.15, 0.2) is 23.4 Å². The highest BCUT2D eigenvalue weighted by atomic mass is 16.4. The van der Waals surface area contributed by atoms with Gasteiger partial charge in [0.2, 0.25) is 0 Å². The van der Waals surface area contributed by atoms with Crippen LogP contribution in [0.3, 0.4) is 0 Å². The third-order valence-corrected chi connectivity index (χ3v) is 4.32. The van der Waals surface area contributed by atoms with Crippen molar-refractivity contribution >= 4 is 5.84 Å². The van der Waals surface area contributed by atoms with Crippen molar-refractivity contribution in [3.63, 3.8) is 0 Å². The van der Waals surface area contributed by atoms with E-state index in [4.69, 9.17) is 10.9 Å².